The van der Waals surface area contributed by atoms with Gasteiger partial charge in [-0.05, 0) is 25.3 Å². The molecular weight excluding hydrogens is 312 g/mol. The minimum Gasteiger partial charge on any atom is -0.346 e. The maximum atomic E-state index is 12.6. The van der Waals surface area contributed by atoms with Gasteiger partial charge in [0.15, 0.2) is 0 Å². The van der Waals surface area contributed by atoms with E-state index in [2.05, 4.69) is 20.6 Å². The third-order valence-electron chi connectivity index (χ3n) is 4.47. The van der Waals surface area contributed by atoms with Crippen molar-refractivity contribution in [1.82, 2.24) is 25.3 Å². The van der Waals surface area contributed by atoms with E-state index in [4.69, 9.17) is 0 Å². The molecule has 1 saturated carbocycles. The fourth-order valence-corrected chi connectivity index (χ4v) is 3.28. The summed E-state index contributed by atoms with van der Waals surface area (Å²) in [6.07, 6.45) is 7.80. The van der Waals surface area contributed by atoms with Crippen molar-refractivity contribution in [2.24, 2.45) is 0 Å². The van der Waals surface area contributed by atoms with Crippen LogP contribution in [0.2, 0.25) is 0 Å². The molecule has 0 spiro atoms. The van der Waals surface area contributed by atoms with Gasteiger partial charge in [0.1, 0.15) is 5.69 Å². The molecule has 0 aromatic carbocycles. The van der Waals surface area contributed by atoms with E-state index in [0.29, 0.717) is 12.1 Å². The van der Waals surface area contributed by atoms with Gasteiger partial charge in [-0.1, -0.05) is 19.8 Å². The Morgan fingerprint density at radius 3 is 2.96 bits per heavy atom. The van der Waals surface area contributed by atoms with Crippen molar-refractivity contribution in [3.63, 3.8) is 0 Å². The van der Waals surface area contributed by atoms with Crippen LogP contribution in [0.4, 0.5) is 5.69 Å². The summed E-state index contributed by atoms with van der Waals surface area (Å²) >= 11 is 0. The van der Waals surface area contributed by atoms with E-state index >= 15 is 0 Å². The topological polar surface area (TPSA) is 119 Å². The van der Waals surface area contributed by atoms with Crippen LogP contribution in [0.15, 0.2) is 18.5 Å². The quantitative estimate of drug-likeness (QED) is 0.641. The highest BCUT2D eigenvalue weighted by Gasteiger charge is 2.33. The number of rotatable bonds is 5. The Kier molecular flexibility index (Phi) is 4.59. The number of H-pyrrole nitrogens is 1. The van der Waals surface area contributed by atoms with Gasteiger partial charge in [0.05, 0.1) is 17.0 Å². The second-order valence-electron chi connectivity index (χ2n) is 5.93. The number of nitro groups is 1. The van der Waals surface area contributed by atoms with Crippen molar-refractivity contribution in [3.8, 4) is 0 Å². The van der Waals surface area contributed by atoms with Gasteiger partial charge in [-0.2, -0.15) is 10.2 Å². The Morgan fingerprint density at radius 2 is 2.29 bits per heavy atom. The molecule has 2 N–H and O–H groups in total. The molecule has 3 rings (SSSR count). The molecular formula is C15H20N6O3. The predicted octanol–water partition coefficient (Wildman–Crippen LogP) is 1.99. The zero-order valence-electron chi connectivity index (χ0n) is 13.4. The van der Waals surface area contributed by atoms with E-state index < -0.39 is 10.8 Å². The van der Waals surface area contributed by atoms with Gasteiger partial charge in [0.2, 0.25) is 5.69 Å². The highest BCUT2D eigenvalue weighted by atomic mass is 16.6. The highest BCUT2D eigenvalue weighted by Crippen LogP contribution is 2.29. The third kappa shape index (κ3) is 3.01. The molecule has 1 fully saturated rings. The van der Waals surface area contributed by atoms with Crippen molar-refractivity contribution in [2.75, 3.05) is 0 Å². The van der Waals surface area contributed by atoms with Crippen LogP contribution in [0, 0.1) is 10.1 Å². The van der Waals surface area contributed by atoms with Crippen LogP contribution in [-0.2, 0) is 6.42 Å². The number of carbonyl (C=O) groups is 1. The Hall–Kier alpha value is -2.71. The molecule has 2 aromatic rings. The lowest BCUT2D eigenvalue weighted by Crippen LogP contribution is -2.43. The summed E-state index contributed by atoms with van der Waals surface area (Å²) in [7, 11) is 0. The van der Waals surface area contributed by atoms with Crippen molar-refractivity contribution in [3.05, 3.63) is 40.0 Å². The lowest BCUT2D eigenvalue weighted by molar-refractivity contribution is -0.385. The lowest BCUT2D eigenvalue weighted by atomic mass is 9.90. The van der Waals surface area contributed by atoms with E-state index in [1.807, 2.05) is 16.9 Å². The number of nitrogens with one attached hydrogen (secondary N) is 2. The second-order valence-corrected chi connectivity index (χ2v) is 5.93. The largest absolute Gasteiger partial charge is 0.346 e. The van der Waals surface area contributed by atoms with Gasteiger partial charge in [0.25, 0.3) is 5.91 Å². The van der Waals surface area contributed by atoms with Crippen molar-refractivity contribution >= 4 is 11.6 Å². The van der Waals surface area contributed by atoms with Crippen molar-refractivity contribution < 1.29 is 9.72 Å². The molecule has 1 aliphatic carbocycles. The summed E-state index contributed by atoms with van der Waals surface area (Å²) in [5, 5.41) is 24.9. The Labute approximate surface area is 138 Å². The predicted molar refractivity (Wildman–Crippen MR) is 85.6 cm³/mol. The maximum Gasteiger partial charge on any atom is 0.322 e. The molecule has 128 valence electrons. The minimum atomic E-state index is -0.552. The number of carbonyl (C=O) groups excluding carboxylic acids is 1. The molecule has 24 heavy (non-hydrogen) atoms. The van der Waals surface area contributed by atoms with E-state index in [1.165, 1.54) is 0 Å². The van der Waals surface area contributed by atoms with Gasteiger partial charge >= 0.3 is 5.69 Å². The first-order valence-corrected chi connectivity index (χ1v) is 8.13. The SMILES string of the molecule is CCc1[nH]nc(C(=O)N[C@@H]2CCCC[C@@H]2n2cccn2)c1[N+](=O)[O-]. The number of amides is 1. The fourth-order valence-electron chi connectivity index (χ4n) is 3.28. The van der Waals surface area contributed by atoms with E-state index in [9.17, 15) is 14.9 Å². The molecule has 0 radical (unpaired) electrons. The molecule has 2 aromatic heterocycles. The molecule has 0 saturated heterocycles. The zero-order valence-corrected chi connectivity index (χ0v) is 13.4. The first kappa shape index (κ1) is 16.2. The molecule has 1 aliphatic rings. The summed E-state index contributed by atoms with van der Waals surface area (Å²) in [5.41, 5.74) is -0.0273. The van der Waals surface area contributed by atoms with E-state index in [-0.39, 0.29) is 23.5 Å². The second kappa shape index (κ2) is 6.81. The summed E-state index contributed by atoms with van der Waals surface area (Å²) in [6, 6.07) is 1.79. The van der Waals surface area contributed by atoms with E-state index in [1.54, 1.807) is 13.1 Å². The summed E-state index contributed by atoms with van der Waals surface area (Å²) in [4.78, 5) is 23.3. The Balaban J connectivity index is 1.81. The number of aromatic nitrogens is 4. The highest BCUT2D eigenvalue weighted by molar-refractivity contribution is 5.96. The molecule has 9 heteroatoms. The summed E-state index contributed by atoms with van der Waals surface area (Å²) < 4.78 is 1.85. The first-order chi connectivity index (χ1) is 11.6. The molecule has 0 bridgehead atoms. The standard InChI is InChI=1S/C15H20N6O3/c1-2-10-14(21(23)24)13(19-18-10)15(22)17-11-6-3-4-7-12(11)20-9-5-8-16-20/h5,8-9,11-12H,2-4,6-7H2,1H3,(H,17,22)(H,18,19)/t11-,12+/m1/s1. The molecule has 0 aliphatic heterocycles. The molecule has 0 unspecified atom stereocenters. The van der Waals surface area contributed by atoms with Crippen LogP contribution < -0.4 is 5.32 Å². The van der Waals surface area contributed by atoms with Gasteiger partial charge in [0, 0.05) is 12.4 Å². The zero-order chi connectivity index (χ0) is 17.1. The maximum absolute atomic E-state index is 12.6. The number of nitrogens with zero attached hydrogens (tertiary/aromatic N) is 4. The minimum absolute atomic E-state index is 0.0568. The van der Waals surface area contributed by atoms with Gasteiger partial charge < -0.3 is 5.32 Å². The lowest BCUT2D eigenvalue weighted by Gasteiger charge is -2.32. The molecule has 1 amide bonds. The van der Waals surface area contributed by atoms with Crippen LogP contribution in [0.3, 0.4) is 0 Å². The fraction of sp³-hybridized carbons (Fsp3) is 0.533. The van der Waals surface area contributed by atoms with Crippen molar-refractivity contribution in [2.45, 2.75) is 51.1 Å². The van der Waals surface area contributed by atoms with Crippen molar-refractivity contribution in [1.29, 1.82) is 0 Å². The van der Waals surface area contributed by atoms with Crippen LogP contribution in [-0.4, -0.2) is 36.9 Å². The number of aromatic amines is 1. The Morgan fingerprint density at radius 1 is 1.50 bits per heavy atom. The summed E-state index contributed by atoms with van der Waals surface area (Å²) in [5.74, 6) is -0.512. The van der Waals surface area contributed by atoms with Crippen LogP contribution >= 0.6 is 0 Å². The number of aryl methyl sites for hydroxylation is 1. The third-order valence-corrected chi connectivity index (χ3v) is 4.47. The average Bonchev–Trinajstić information content (AvgIpc) is 3.24. The normalized spacial score (nSPS) is 20.7. The molecule has 2 heterocycles. The van der Waals surface area contributed by atoms with Crippen LogP contribution in [0.25, 0.3) is 0 Å². The van der Waals surface area contributed by atoms with Gasteiger partial charge in [-0.3, -0.25) is 24.7 Å². The summed E-state index contributed by atoms with van der Waals surface area (Å²) in [6.45, 7) is 1.77. The number of hydrogen-bond donors (Lipinski definition) is 2. The monoisotopic (exact) mass is 332 g/mol. The van der Waals surface area contributed by atoms with Gasteiger partial charge in [-0.15, -0.1) is 0 Å². The average molecular weight is 332 g/mol. The number of hydrogen-bond acceptors (Lipinski definition) is 5. The smallest absolute Gasteiger partial charge is 0.322 e. The van der Waals surface area contributed by atoms with E-state index in [0.717, 1.165) is 25.7 Å². The molecule has 2 atom stereocenters. The van der Waals surface area contributed by atoms with Crippen LogP contribution in [0.1, 0.15) is 54.8 Å². The Bertz CT molecular complexity index is 724. The first-order valence-electron chi connectivity index (χ1n) is 8.13. The van der Waals surface area contributed by atoms with Gasteiger partial charge in [-0.25, -0.2) is 0 Å². The molecule has 9 nitrogen and oxygen atoms in total. The van der Waals surface area contributed by atoms with Crippen LogP contribution in [0.5, 0.6) is 0 Å².